The molecule has 9 heteroatoms. The summed E-state index contributed by atoms with van der Waals surface area (Å²) in [6.45, 7) is 8.36. The maximum Gasteiger partial charge on any atom is 0.358 e. The molecule has 6 rings (SSSR count). The number of ketones is 1. The Kier molecular flexibility index (Phi) is 4.46. The highest BCUT2D eigenvalue weighted by Gasteiger charge is 2.81. The van der Waals surface area contributed by atoms with E-state index in [0.717, 1.165) is 6.42 Å². The van der Waals surface area contributed by atoms with Gasteiger partial charge in [-0.1, -0.05) is 20.4 Å². The number of hydrogen-bond acceptors (Lipinski definition) is 9. The standard InChI is InChI=1S/C25H28N2O7/c1-12-13-4-5-15-24-11-32-21(30)17(24)23(2,3)7-6-16(24)33-22(31)25(15,18(12)28)19(13)34-20(29)14-10-26-8-9-27-14/h8-10,13,15-17,19,21,30H,1,4-7,11H2,2-3H3/t13-,15-,16-,17+,19+,21+,24+,25-/m0/s1. The first-order valence-corrected chi connectivity index (χ1v) is 11.9. The van der Waals surface area contributed by atoms with Crippen LogP contribution in [-0.4, -0.2) is 57.9 Å². The summed E-state index contributed by atoms with van der Waals surface area (Å²) < 4.78 is 17.8. The smallest absolute Gasteiger partial charge is 0.358 e. The highest BCUT2D eigenvalue weighted by Crippen LogP contribution is 2.71. The predicted octanol–water partition coefficient (Wildman–Crippen LogP) is 1.85. The topological polar surface area (TPSA) is 125 Å². The summed E-state index contributed by atoms with van der Waals surface area (Å²) in [6.07, 6.45) is 4.04. The van der Waals surface area contributed by atoms with E-state index in [1.54, 1.807) is 0 Å². The van der Waals surface area contributed by atoms with Gasteiger partial charge in [0.05, 0.1) is 12.8 Å². The Morgan fingerprint density at radius 1 is 1.24 bits per heavy atom. The number of carbonyl (C=O) groups is 3. The fourth-order valence-corrected chi connectivity index (χ4v) is 8.07. The van der Waals surface area contributed by atoms with Crippen LogP contribution in [0.1, 0.15) is 50.0 Å². The molecule has 34 heavy (non-hydrogen) atoms. The summed E-state index contributed by atoms with van der Waals surface area (Å²) >= 11 is 0. The highest BCUT2D eigenvalue weighted by molar-refractivity contribution is 6.16. The van der Waals surface area contributed by atoms with Gasteiger partial charge in [0.2, 0.25) is 0 Å². The minimum absolute atomic E-state index is 0.00463. The second-order valence-electron chi connectivity index (χ2n) is 11.1. The zero-order valence-electron chi connectivity index (χ0n) is 19.2. The lowest BCUT2D eigenvalue weighted by Crippen LogP contribution is -2.71. The normalized spacial score (nSPS) is 44.0. The van der Waals surface area contributed by atoms with Gasteiger partial charge in [-0.2, -0.15) is 0 Å². The maximum absolute atomic E-state index is 13.9. The molecule has 9 nitrogen and oxygen atoms in total. The van der Waals surface area contributed by atoms with Crippen molar-refractivity contribution in [1.29, 1.82) is 0 Å². The zero-order chi connectivity index (χ0) is 24.0. The molecule has 2 spiro atoms. The monoisotopic (exact) mass is 468 g/mol. The van der Waals surface area contributed by atoms with Crippen LogP contribution in [-0.2, 0) is 23.8 Å². The van der Waals surface area contributed by atoms with E-state index in [2.05, 4.69) is 30.4 Å². The lowest BCUT2D eigenvalue weighted by Gasteiger charge is -2.62. The van der Waals surface area contributed by atoms with Crippen LogP contribution >= 0.6 is 0 Å². The third kappa shape index (κ3) is 2.44. The van der Waals surface area contributed by atoms with Crippen molar-refractivity contribution in [2.24, 2.45) is 34.0 Å². The van der Waals surface area contributed by atoms with Gasteiger partial charge >= 0.3 is 11.9 Å². The van der Waals surface area contributed by atoms with E-state index < -0.39 is 58.9 Å². The number of nitrogens with zero attached hydrogens (tertiary/aromatic N) is 2. The first-order chi connectivity index (χ1) is 16.2. The summed E-state index contributed by atoms with van der Waals surface area (Å²) in [5, 5.41) is 10.9. The number of aliphatic hydroxyl groups excluding tert-OH is 1. The van der Waals surface area contributed by atoms with Gasteiger partial charge in [-0.15, -0.1) is 0 Å². The van der Waals surface area contributed by atoms with Crippen LogP contribution in [0.25, 0.3) is 0 Å². The zero-order valence-corrected chi connectivity index (χ0v) is 19.2. The Morgan fingerprint density at radius 3 is 2.76 bits per heavy atom. The number of carbonyl (C=O) groups excluding carboxylic acids is 3. The van der Waals surface area contributed by atoms with Crippen LogP contribution in [0.4, 0.5) is 0 Å². The molecule has 0 unspecified atom stereocenters. The van der Waals surface area contributed by atoms with Gasteiger partial charge in [-0.3, -0.25) is 14.6 Å². The van der Waals surface area contributed by atoms with Gasteiger partial charge in [-0.25, -0.2) is 9.78 Å². The van der Waals surface area contributed by atoms with Crippen molar-refractivity contribution in [1.82, 2.24) is 9.97 Å². The van der Waals surface area contributed by atoms with Crippen molar-refractivity contribution in [3.63, 3.8) is 0 Å². The molecule has 180 valence electrons. The number of esters is 2. The highest BCUT2D eigenvalue weighted by atomic mass is 16.6. The molecular weight excluding hydrogens is 440 g/mol. The van der Waals surface area contributed by atoms with E-state index in [1.807, 2.05) is 0 Å². The van der Waals surface area contributed by atoms with E-state index in [9.17, 15) is 19.5 Å². The maximum atomic E-state index is 13.9. The van der Waals surface area contributed by atoms with Crippen LogP contribution in [0.5, 0.6) is 0 Å². The van der Waals surface area contributed by atoms with E-state index in [-0.39, 0.29) is 29.2 Å². The molecule has 0 aromatic carbocycles. The van der Waals surface area contributed by atoms with Gasteiger partial charge < -0.3 is 19.3 Å². The third-order valence-electron chi connectivity index (χ3n) is 9.35. The molecular formula is C25H28N2O7. The molecule has 3 heterocycles. The second kappa shape index (κ2) is 6.95. The molecule has 5 fully saturated rings. The van der Waals surface area contributed by atoms with E-state index in [0.29, 0.717) is 19.3 Å². The van der Waals surface area contributed by atoms with Crippen molar-refractivity contribution in [2.75, 3.05) is 6.61 Å². The average molecular weight is 469 g/mol. The molecule has 0 amide bonds. The summed E-state index contributed by atoms with van der Waals surface area (Å²) in [6, 6.07) is 0. The molecule has 0 radical (unpaired) electrons. The van der Waals surface area contributed by atoms with Gasteiger partial charge in [0.1, 0.15) is 12.2 Å². The summed E-state index contributed by atoms with van der Waals surface area (Å²) in [5.41, 5.74) is -2.46. The van der Waals surface area contributed by atoms with Crippen molar-refractivity contribution in [3.8, 4) is 0 Å². The van der Waals surface area contributed by atoms with E-state index in [1.165, 1.54) is 18.6 Å². The Bertz CT molecular complexity index is 1100. The summed E-state index contributed by atoms with van der Waals surface area (Å²) in [7, 11) is 0. The average Bonchev–Trinajstić information content (AvgIpc) is 3.23. The van der Waals surface area contributed by atoms with Gasteiger partial charge in [0.25, 0.3) is 0 Å². The third-order valence-corrected chi connectivity index (χ3v) is 9.35. The molecule has 1 aromatic heterocycles. The van der Waals surface area contributed by atoms with Gasteiger partial charge in [-0.05, 0) is 42.6 Å². The molecule has 3 saturated carbocycles. The summed E-state index contributed by atoms with van der Waals surface area (Å²) in [4.78, 5) is 48.6. The fraction of sp³-hybridized carbons (Fsp3) is 0.640. The number of aliphatic hydroxyl groups is 1. The fourth-order valence-electron chi connectivity index (χ4n) is 8.07. The number of rotatable bonds is 2. The Morgan fingerprint density at radius 2 is 2.03 bits per heavy atom. The number of fused-ring (bicyclic) bond motifs is 1. The van der Waals surface area contributed by atoms with Crippen LogP contribution in [0.3, 0.4) is 0 Å². The Labute approximate surface area is 196 Å². The number of Topliss-reactive ketones (excluding diaryl/α,β-unsaturated/α-hetero) is 1. The van der Waals surface area contributed by atoms with Crippen molar-refractivity contribution in [2.45, 2.75) is 58.0 Å². The first-order valence-electron chi connectivity index (χ1n) is 11.9. The first kappa shape index (κ1) is 21.9. The molecule has 2 saturated heterocycles. The molecule has 5 aliphatic rings. The van der Waals surface area contributed by atoms with E-state index >= 15 is 0 Å². The number of aromatic nitrogens is 2. The quantitative estimate of drug-likeness (QED) is 0.393. The van der Waals surface area contributed by atoms with Crippen LogP contribution in [0.15, 0.2) is 30.7 Å². The van der Waals surface area contributed by atoms with Crippen LogP contribution < -0.4 is 0 Å². The Hall–Kier alpha value is -2.65. The van der Waals surface area contributed by atoms with Crippen molar-refractivity contribution in [3.05, 3.63) is 36.4 Å². The lowest BCUT2D eigenvalue weighted by atomic mass is 9.43. The predicted molar refractivity (Wildman–Crippen MR) is 115 cm³/mol. The minimum Gasteiger partial charge on any atom is -0.461 e. The largest absolute Gasteiger partial charge is 0.461 e. The van der Waals surface area contributed by atoms with Gasteiger partial charge in [0.15, 0.2) is 23.2 Å². The van der Waals surface area contributed by atoms with Gasteiger partial charge in [0, 0.05) is 29.6 Å². The lowest BCUT2D eigenvalue weighted by molar-refractivity contribution is -0.249. The van der Waals surface area contributed by atoms with E-state index in [4.69, 9.17) is 14.2 Å². The van der Waals surface area contributed by atoms with Crippen LogP contribution in [0.2, 0.25) is 0 Å². The molecule has 1 aromatic rings. The van der Waals surface area contributed by atoms with Crippen LogP contribution in [0, 0.1) is 34.0 Å². The second-order valence-corrected chi connectivity index (χ2v) is 11.1. The minimum atomic E-state index is -1.70. The Balaban J connectivity index is 1.49. The van der Waals surface area contributed by atoms with Crippen molar-refractivity contribution < 1.29 is 33.7 Å². The molecule has 2 aliphatic heterocycles. The molecule has 8 atom stereocenters. The SMILES string of the molecule is C=C1C(=O)[C@@]23C(=O)O[C@H]4CCC(C)(C)[C@H]5[C@H](O)OC[C@@]45[C@@H]2CC[C@@H]1[C@H]3OC(=O)c1cnccn1. The summed E-state index contributed by atoms with van der Waals surface area (Å²) in [5.74, 6) is -3.14. The molecule has 2 bridgehead atoms. The molecule has 3 aliphatic carbocycles. The van der Waals surface area contributed by atoms with Crippen molar-refractivity contribution >= 4 is 17.7 Å². The number of hydrogen-bond donors (Lipinski definition) is 1. The number of ether oxygens (including phenoxy) is 3. The molecule has 1 N–H and O–H groups in total.